The van der Waals surface area contributed by atoms with E-state index in [4.69, 9.17) is 0 Å². The molecular formula is C12H24N2. The molecule has 0 aromatic heterocycles. The van der Waals surface area contributed by atoms with Crippen molar-refractivity contribution < 1.29 is 0 Å². The smallest absolute Gasteiger partial charge is 0.0108 e. The summed E-state index contributed by atoms with van der Waals surface area (Å²) in [6.07, 6.45) is 4.17. The fourth-order valence-electron chi connectivity index (χ4n) is 3.03. The average molecular weight is 196 g/mol. The van der Waals surface area contributed by atoms with E-state index in [2.05, 4.69) is 24.1 Å². The maximum Gasteiger partial charge on any atom is 0.0108 e. The maximum absolute atomic E-state index is 3.57. The second-order valence-electron chi connectivity index (χ2n) is 5.11. The summed E-state index contributed by atoms with van der Waals surface area (Å²) in [4.78, 5) is 2.73. The standard InChI is InChI=1S/C12H24N2/c1-3-4-5-14-9-11-6-12(10(14)2)8-13-7-11/h10-13H,3-9H2,1-2H3/t10-,11+,12+/m0/s1. The molecule has 0 unspecified atom stereocenters. The zero-order valence-electron chi connectivity index (χ0n) is 9.63. The minimum Gasteiger partial charge on any atom is -0.316 e. The maximum atomic E-state index is 3.57. The summed E-state index contributed by atoms with van der Waals surface area (Å²) in [5.41, 5.74) is 0. The van der Waals surface area contributed by atoms with Gasteiger partial charge in [-0.2, -0.15) is 0 Å². The molecule has 2 saturated heterocycles. The van der Waals surface area contributed by atoms with E-state index in [1.807, 2.05) is 0 Å². The Morgan fingerprint density at radius 2 is 2.21 bits per heavy atom. The molecule has 14 heavy (non-hydrogen) atoms. The summed E-state index contributed by atoms with van der Waals surface area (Å²) >= 11 is 0. The van der Waals surface area contributed by atoms with Crippen LogP contribution in [0.15, 0.2) is 0 Å². The molecule has 2 heterocycles. The lowest BCUT2D eigenvalue weighted by molar-refractivity contribution is 0.0431. The lowest BCUT2D eigenvalue weighted by Gasteiger charge is -2.46. The highest BCUT2D eigenvalue weighted by Gasteiger charge is 2.35. The molecule has 2 rings (SSSR count). The number of hydrogen-bond acceptors (Lipinski definition) is 2. The van der Waals surface area contributed by atoms with Crippen molar-refractivity contribution in [1.29, 1.82) is 0 Å². The lowest BCUT2D eigenvalue weighted by atomic mass is 9.81. The summed E-state index contributed by atoms with van der Waals surface area (Å²) in [6.45, 7) is 9.88. The first-order chi connectivity index (χ1) is 6.81. The van der Waals surface area contributed by atoms with E-state index in [9.17, 15) is 0 Å². The summed E-state index contributed by atoms with van der Waals surface area (Å²) < 4.78 is 0. The van der Waals surface area contributed by atoms with Crippen molar-refractivity contribution in [3.63, 3.8) is 0 Å². The van der Waals surface area contributed by atoms with Gasteiger partial charge in [-0.15, -0.1) is 0 Å². The Kier molecular flexibility index (Phi) is 3.45. The number of unbranched alkanes of at least 4 members (excludes halogenated alkanes) is 1. The van der Waals surface area contributed by atoms with Crippen molar-refractivity contribution in [3.05, 3.63) is 0 Å². The quantitative estimate of drug-likeness (QED) is 0.739. The van der Waals surface area contributed by atoms with Crippen LogP contribution < -0.4 is 5.32 Å². The van der Waals surface area contributed by atoms with Crippen LogP contribution in [-0.2, 0) is 0 Å². The van der Waals surface area contributed by atoms with Gasteiger partial charge in [0.2, 0.25) is 0 Å². The molecule has 2 bridgehead atoms. The lowest BCUT2D eigenvalue weighted by Crippen LogP contribution is -2.55. The topological polar surface area (TPSA) is 15.3 Å². The normalized spacial score (nSPS) is 38.6. The number of fused-ring (bicyclic) bond motifs is 2. The van der Waals surface area contributed by atoms with Crippen LogP contribution in [0.1, 0.15) is 33.1 Å². The zero-order chi connectivity index (χ0) is 9.97. The van der Waals surface area contributed by atoms with Crippen LogP contribution >= 0.6 is 0 Å². The van der Waals surface area contributed by atoms with Gasteiger partial charge in [-0.3, -0.25) is 0 Å². The van der Waals surface area contributed by atoms with E-state index in [0.717, 1.165) is 17.9 Å². The van der Waals surface area contributed by atoms with Gasteiger partial charge in [-0.1, -0.05) is 13.3 Å². The van der Waals surface area contributed by atoms with Crippen LogP contribution in [0.25, 0.3) is 0 Å². The minimum atomic E-state index is 0.811. The Balaban J connectivity index is 1.90. The van der Waals surface area contributed by atoms with Crippen molar-refractivity contribution in [2.75, 3.05) is 26.2 Å². The molecule has 0 saturated carbocycles. The van der Waals surface area contributed by atoms with Crippen molar-refractivity contribution in [3.8, 4) is 0 Å². The number of nitrogens with zero attached hydrogens (tertiary/aromatic N) is 1. The highest BCUT2D eigenvalue weighted by molar-refractivity contribution is 4.90. The molecule has 82 valence electrons. The van der Waals surface area contributed by atoms with Gasteiger partial charge in [-0.05, 0) is 51.2 Å². The molecule has 0 spiro atoms. The van der Waals surface area contributed by atoms with Crippen LogP contribution in [0, 0.1) is 11.8 Å². The van der Waals surface area contributed by atoms with E-state index < -0.39 is 0 Å². The second-order valence-corrected chi connectivity index (χ2v) is 5.11. The molecule has 3 atom stereocenters. The Labute approximate surface area is 88.1 Å². The van der Waals surface area contributed by atoms with Gasteiger partial charge < -0.3 is 10.2 Å². The van der Waals surface area contributed by atoms with Gasteiger partial charge in [0.05, 0.1) is 0 Å². The number of piperidine rings is 2. The van der Waals surface area contributed by atoms with Crippen molar-refractivity contribution in [1.82, 2.24) is 10.2 Å². The first kappa shape index (κ1) is 10.4. The van der Waals surface area contributed by atoms with Crippen molar-refractivity contribution in [2.45, 2.75) is 39.2 Å². The van der Waals surface area contributed by atoms with Crippen LogP contribution in [0.5, 0.6) is 0 Å². The highest BCUT2D eigenvalue weighted by Crippen LogP contribution is 2.29. The van der Waals surface area contributed by atoms with Crippen LogP contribution in [-0.4, -0.2) is 37.1 Å². The molecule has 2 aliphatic heterocycles. The second kappa shape index (κ2) is 4.63. The Morgan fingerprint density at radius 1 is 1.36 bits per heavy atom. The largest absolute Gasteiger partial charge is 0.316 e. The van der Waals surface area contributed by atoms with E-state index >= 15 is 0 Å². The molecule has 2 aliphatic rings. The zero-order valence-corrected chi connectivity index (χ0v) is 9.63. The fourth-order valence-corrected chi connectivity index (χ4v) is 3.03. The summed E-state index contributed by atoms with van der Waals surface area (Å²) in [5.74, 6) is 1.85. The molecule has 0 aromatic rings. The monoisotopic (exact) mass is 196 g/mol. The van der Waals surface area contributed by atoms with Gasteiger partial charge in [0, 0.05) is 12.6 Å². The minimum absolute atomic E-state index is 0.811. The third-order valence-corrected chi connectivity index (χ3v) is 4.03. The van der Waals surface area contributed by atoms with Gasteiger partial charge >= 0.3 is 0 Å². The van der Waals surface area contributed by atoms with Crippen LogP contribution in [0.3, 0.4) is 0 Å². The van der Waals surface area contributed by atoms with E-state index in [0.29, 0.717) is 0 Å². The molecule has 2 heteroatoms. The predicted molar refractivity (Wildman–Crippen MR) is 60.4 cm³/mol. The molecule has 2 fully saturated rings. The number of nitrogens with one attached hydrogen (secondary N) is 1. The number of hydrogen-bond donors (Lipinski definition) is 1. The molecule has 0 radical (unpaired) electrons. The summed E-state index contributed by atoms with van der Waals surface area (Å²) in [5, 5.41) is 3.57. The van der Waals surface area contributed by atoms with Gasteiger partial charge in [0.25, 0.3) is 0 Å². The number of likely N-dealkylation sites (tertiary alicyclic amines) is 1. The van der Waals surface area contributed by atoms with Gasteiger partial charge in [0.1, 0.15) is 0 Å². The average Bonchev–Trinajstić information content (AvgIpc) is 2.22. The molecule has 2 nitrogen and oxygen atoms in total. The molecule has 1 N–H and O–H groups in total. The Hall–Kier alpha value is -0.0800. The summed E-state index contributed by atoms with van der Waals surface area (Å²) in [6, 6.07) is 0.811. The first-order valence-electron chi connectivity index (χ1n) is 6.26. The predicted octanol–water partition coefficient (Wildman–Crippen LogP) is 1.72. The summed E-state index contributed by atoms with van der Waals surface area (Å²) in [7, 11) is 0. The fraction of sp³-hybridized carbons (Fsp3) is 1.00. The van der Waals surface area contributed by atoms with Gasteiger partial charge in [0.15, 0.2) is 0 Å². The van der Waals surface area contributed by atoms with E-state index in [-0.39, 0.29) is 0 Å². The molecule has 0 aromatic carbocycles. The van der Waals surface area contributed by atoms with E-state index in [1.165, 1.54) is 45.4 Å². The van der Waals surface area contributed by atoms with Crippen molar-refractivity contribution in [2.24, 2.45) is 11.8 Å². The van der Waals surface area contributed by atoms with Crippen LogP contribution in [0.2, 0.25) is 0 Å². The molecule has 0 amide bonds. The van der Waals surface area contributed by atoms with Crippen molar-refractivity contribution >= 4 is 0 Å². The van der Waals surface area contributed by atoms with Gasteiger partial charge in [-0.25, -0.2) is 0 Å². The third-order valence-electron chi connectivity index (χ3n) is 4.03. The first-order valence-corrected chi connectivity index (χ1v) is 6.26. The number of rotatable bonds is 3. The SMILES string of the molecule is CCCCN1C[C@H]2CNC[C@@H](C2)[C@@H]1C. The third kappa shape index (κ3) is 2.12. The molecular weight excluding hydrogens is 172 g/mol. The van der Waals surface area contributed by atoms with Crippen LogP contribution in [0.4, 0.5) is 0 Å². The Morgan fingerprint density at radius 3 is 3.00 bits per heavy atom. The highest BCUT2D eigenvalue weighted by atomic mass is 15.2. The molecule has 0 aliphatic carbocycles. The Bertz CT molecular complexity index is 181. The van der Waals surface area contributed by atoms with E-state index in [1.54, 1.807) is 0 Å².